The fourth-order valence-electron chi connectivity index (χ4n) is 4.27. The molecule has 23 heteroatoms. The molecule has 4 heterocycles. The quantitative estimate of drug-likeness (QED) is 0.0342. The molecule has 2 atom stereocenters. The topological polar surface area (TPSA) is 329 Å². The Kier molecular flexibility index (Phi) is 9.89. The minimum atomic E-state index is -1.83. The molecule has 3 amide bonds. The zero-order valence-electron chi connectivity index (χ0n) is 25.1. The van der Waals surface area contributed by atoms with E-state index in [1.807, 2.05) is 0 Å². The SMILES string of the molecule is Cn1c(N)c(NC(=O)CCN=C(N)N)c[n+]1CC1=C(C(=O)[O-])N2C(=O)[C@@H](NC(=O)/C(=N\OC(C)(C)C(=O)O)c3nsc(N)n3)[C@H]2SC1. The van der Waals surface area contributed by atoms with E-state index in [1.54, 1.807) is 7.05 Å². The number of fused-ring (bicyclic) bond motifs is 1. The van der Waals surface area contributed by atoms with Gasteiger partial charge in [-0.15, -0.1) is 21.1 Å². The number of aliphatic imine (C=N–C) groups is 1. The summed E-state index contributed by atoms with van der Waals surface area (Å²) in [6.07, 6.45) is 1.48. The second kappa shape index (κ2) is 13.5. The largest absolute Gasteiger partial charge is 0.543 e. The first-order chi connectivity index (χ1) is 22.0. The number of nitrogens with zero attached hydrogens (tertiary/aromatic N) is 7. The number of hydrogen-bond acceptors (Lipinski definition) is 15. The van der Waals surface area contributed by atoms with Gasteiger partial charge in [-0.25, -0.2) is 4.79 Å². The Labute approximate surface area is 273 Å². The molecule has 0 saturated carbocycles. The van der Waals surface area contributed by atoms with E-state index >= 15 is 0 Å². The molecule has 0 aliphatic carbocycles. The molecule has 0 unspecified atom stereocenters. The van der Waals surface area contributed by atoms with Gasteiger partial charge in [0.25, 0.3) is 11.8 Å². The number of carbonyl (C=O) groups excluding carboxylic acids is 4. The number of carboxylic acids is 2. The molecule has 21 nitrogen and oxygen atoms in total. The average Bonchev–Trinajstić information content (AvgIpc) is 3.53. The maximum Gasteiger partial charge on any atom is 0.350 e. The highest BCUT2D eigenvalue weighted by Gasteiger charge is 2.53. The van der Waals surface area contributed by atoms with E-state index in [9.17, 15) is 34.2 Å². The molecule has 1 saturated heterocycles. The molecule has 2 aliphatic rings. The van der Waals surface area contributed by atoms with Crippen LogP contribution in [0.3, 0.4) is 0 Å². The third kappa shape index (κ3) is 7.35. The Morgan fingerprint density at radius 3 is 2.57 bits per heavy atom. The predicted octanol–water partition coefficient (Wildman–Crippen LogP) is -4.38. The van der Waals surface area contributed by atoms with E-state index in [0.29, 0.717) is 5.57 Å². The lowest BCUT2D eigenvalue weighted by Crippen LogP contribution is -2.71. The first-order valence-electron chi connectivity index (χ1n) is 13.5. The van der Waals surface area contributed by atoms with Crippen molar-refractivity contribution in [2.24, 2.45) is 28.7 Å². The van der Waals surface area contributed by atoms with E-state index < -0.39 is 52.4 Å². The highest BCUT2D eigenvalue weighted by molar-refractivity contribution is 8.00. The maximum atomic E-state index is 13.3. The maximum absolute atomic E-state index is 13.3. The van der Waals surface area contributed by atoms with Crippen molar-refractivity contribution in [3.63, 3.8) is 0 Å². The molecule has 252 valence electrons. The van der Waals surface area contributed by atoms with Crippen LogP contribution in [-0.4, -0.2) is 94.7 Å². The third-order valence-electron chi connectivity index (χ3n) is 6.82. The van der Waals surface area contributed by atoms with Gasteiger partial charge in [-0.3, -0.25) is 24.3 Å². The summed E-state index contributed by atoms with van der Waals surface area (Å²) in [5.41, 5.74) is 20.1. The van der Waals surface area contributed by atoms with Crippen molar-refractivity contribution in [1.29, 1.82) is 0 Å². The Morgan fingerprint density at radius 2 is 1.98 bits per heavy atom. The third-order valence-corrected chi connectivity index (χ3v) is 8.71. The molecule has 1 fully saturated rings. The number of nitrogens with two attached hydrogens (primary N) is 4. The lowest BCUT2D eigenvalue weighted by molar-refractivity contribution is -0.765. The second-order valence-electron chi connectivity index (χ2n) is 10.6. The second-order valence-corrected chi connectivity index (χ2v) is 12.4. The number of thioether (sulfide) groups is 1. The Bertz CT molecular complexity index is 1730. The summed E-state index contributed by atoms with van der Waals surface area (Å²) in [4.78, 5) is 76.3. The smallest absolute Gasteiger partial charge is 0.350 e. The number of nitrogens with one attached hydrogen (secondary N) is 2. The van der Waals surface area contributed by atoms with Crippen molar-refractivity contribution in [3.8, 4) is 0 Å². The number of aliphatic carboxylic acids is 2. The molecule has 2 aliphatic heterocycles. The zero-order valence-corrected chi connectivity index (χ0v) is 26.8. The molecule has 11 N–H and O–H groups in total. The molecule has 47 heavy (non-hydrogen) atoms. The number of amides is 3. The summed E-state index contributed by atoms with van der Waals surface area (Å²) < 4.78 is 6.93. The summed E-state index contributed by atoms with van der Waals surface area (Å²) in [6.45, 7) is 2.42. The number of hydrogen-bond donors (Lipinski definition) is 7. The number of rotatable bonds is 13. The number of carboxylic acid groups (broad SMARTS) is 2. The monoisotopic (exact) mass is 693 g/mol. The Morgan fingerprint density at radius 1 is 1.28 bits per heavy atom. The first-order valence-corrected chi connectivity index (χ1v) is 15.3. The normalized spacial score (nSPS) is 17.8. The summed E-state index contributed by atoms with van der Waals surface area (Å²) in [5, 5.41) is 29.5. The van der Waals surface area contributed by atoms with Gasteiger partial charge in [0.15, 0.2) is 29.1 Å². The molecule has 0 spiro atoms. The molecule has 0 radical (unpaired) electrons. The molecule has 4 rings (SSSR count). The van der Waals surface area contributed by atoms with Crippen molar-refractivity contribution in [1.82, 2.24) is 24.3 Å². The van der Waals surface area contributed by atoms with Gasteiger partial charge >= 0.3 is 5.97 Å². The number of nitrogen functional groups attached to an aromatic ring is 2. The number of anilines is 3. The molecule has 0 aromatic carbocycles. The highest BCUT2D eigenvalue weighted by atomic mass is 32.2. The van der Waals surface area contributed by atoms with Gasteiger partial charge in [0, 0.05) is 29.3 Å². The van der Waals surface area contributed by atoms with Crippen molar-refractivity contribution in [3.05, 3.63) is 23.3 Å². The van der Waals surface area contributed by atoms with Crippen molar-refractivity contribution >= 4 is 81.3 Å². The van der Waals surface area contributed by atoms with Crippen LogP contribution >= 0.6 is 23.3 Å². The standard InChI is InChI=1S/C24H31N13O8S2/c1-24(2,21(43)44)45-33-12(16-32-23(28)47-34-16)17(39)31-13-18(40)37-14(20(41)42)9(8-46-19(13)37)6-36-7-10(15(25)35(36)3)30-11(38)4-5-29-22(26)27/h7,13,19,25H,4-6,8H2,1-3H3,(H10,26,27,28,29,30,31,32,34,38,39,41,42,43,44)/b33-12-/t13-,19-/m1/s1. The van der Waals surface area contributed by atoms with Crippen LogP contribution in [0.4, 0.5) is 16.6 Å². The van der Waals surface area contributed by atoms with Crippen molar-refractivity contribution < 1.29 is 43.7 Å². The van der Waals surface area contributed by atoms with E-state index in [4.69, 9.17) is 27.8 Å². The molecule has 2 aromatic heterocycles. The summed E-state index contributed by atoms with van der Waals surface area (Å²) in [6, 6.07) is -1.20. The number of aromatic nitrogens is 4. The fourth-order valence-corrected chi connectivity index (χ4v) is 6.04. The lowest BCUT2D eigenvalue weighted by Gasteiger charge is -2.50. The van der Waals surface area contributed by atoms with Gasteiger partial charge in [-0.05, 0) is 13.8 Å². The number of guanidine groups is 1. The zero-order chi connectivity index (χ0) is 34.8. The fraction of sp³-hybridized carbons (Fsp3) is 0.417. The van der Waals surface area contributed by atoms with Crippen molar-refractivity contribution in [2.75, 3.05) is 29.1 Å². The average molecular weight is 694 g/mol. The van der Waals surface area contributed by atoms with E-state index in [1.165, 1.54) is 41.2 Å². The van der Waals surface area contributed by atoms with Crippen LogP contribution < -0.4 is 43.4 Å². The summed E-state index contributed by atoms with van der Waals surface area (Å²) >= 11 is 1.92. The Balaban J connectivity index is 1.52. The van der Waals surface area contributed by atoms with Gasteiger partial charge in [0.2, 0.25) is 29.2 Å². The van der Waals surface area contributed by atoms with Gasteiger partial charge in [0.05, 0.1) is 25.3 Å². The van der Waals surface area contributed by atoms with Crippen molar-refractivity contribution in [2.45, 2.75) is 43.8 Å². The number of oxime groups is 1. The van der Waals surface area contributed by atoms with Crippen LogP contribution in [0, 0.1) is 0 Å². The highest BCUT2D eigenvalue weighted by Crippen LogP contribution is 2.40. The van der Waals surface area contributed by atoms with Gasteiger partial charge < -0.3 is 53.4 Å². The summed E-state index contributed by atoms with van der Waals surface area (Å²) in [5.74, 6) is -5.29. The Hall–Kier alpha value is -5.45. The van der Waals surface area contributed by atoms with Crippen LogP contribution in [0.2, 0.25) is 0 Å². The molecular formula is C24H31N13O8S2. The number of β-lactam (4-membered cyclic amide) rings is 1. The minimum Gasteiger partial charge on any atom is -0.543 e. The lowest BCUT2D eigenvalue weighted by atomic mass is 10.0. The van der Waals surface area contributed by atoms with E-state index in [0.717, 1.165) is 16.4 Å². The van der Waals surface area contributed by atoms with Crippen LogP contribution in [0.15, 0.2) is 27.6 Å². The molecule has 2 aromatic rings. The van der Waals surface area contributed by atoms with Gasteiger partial charge in [0.1, 0.15) is 11.4 Å². The van der Waals surface area contributed by atoms with Crippen LogP contribution in [0.5, 0.6) is 0 Å². The minimum absolute atomic E-state index is 0.0156. The van der Waals surface area contributed by atoms with Crippen LogP contribution in [0.25, 0.3) is 0 Å². The first kappa shape index (κ1) is 34.4. The van der Waals surface area contributed by atoms with E-state index in [-0.39, 0.29) is 59.4 Å². The number of carbonyl (C=O) groups is 5. The molecular weight excluding hydrogens is 662 g/mol. The van der Waals surface area contributed by atoms with E-state index in [2.05, 4.69) is 30.1 Å². The molecule has 0 bridgehead atoms. The predicted molar refractivity (Wildman–Crippen MR) is 165 cm³/mol. The van der Waals surface area contributed by atoms with Crippen LogP contribution in [-0.2, 0) is 42.4 Å². The van der Waals surface area contributed by atoms with Gasteiger partial charge in [-0.2, -0.15) is 9.36 Å². The van der Waals surface area contributed by atoms with Gasteiger partial charge in [-0.1, -0.05) is 5.16 Å². The van der Waals surface area contributed by atoms with Crippen LogP contribution in [0.1, 0.15) is 26.1 Å². The summed E-state index contributed by atoms with van der Waals surface area (Å²) in [7, 11) is 1.59.